The molecule has 2 heterocycles. The zero-order valence-corrected chi connectivity index (χ0v) is 13.3. The fraction of sp³-hybridized carbons (Fsp3) is 0.733. The Labute approximate surface area is 126 Å². The normalized spacial score (nSPS) is 20.0. The summed E-state index contributed by atoms with van der Waals surface area (Å²) in [4.78, 5) is 16.7. The van der Waals surface area contributed by atoms with Gasteiger partial charge < -0.3 is 9.64 Å². The third-order valence-electron chi connectivity index (χ3n) is 4.20. The van der Waals surface area contributed by atoms with E-state index in [0.717, 1.165) is 38.3 Å². The number of piperazine rings is 1. The molecule has 1 aliphatic rings. The second-order valence-corrected chi connectivity index (χ2v) is 5.48. The van der Waals surface area contributed by atoms with Crippen LogP contribution in [0.5, 0.6) is 0 Å². The first-order valence-corrected chi connectivity index (χ1v) is 7.72. The van der Waals surface area contributed by atoms with Crippen LogP contribution in [-0.4, -0.2) is 64.3 Å². The van der Waals surface area contributed by atoms with Gasteiger partial charge in [0, 0.05) is 38.9 Å². The lowest BCUT2D eigenvalue weighted by molar-refractivity contribution is -0.141. The molecule has 1 saturated heterocycles. The standard InChI is InChI=1S/C15H26N4O2/c1-4-13-10-18(5-2)8-9-19(13)15(20)12-21-11-14-6-7-16-17(14)3/h6-7,13H,4-5,8-12H2,1-3H3. The molecule has 1 atom stereocenters. The van der Waals surface area contributed by atoms with Crippen molar-refractivity contribution in [2.45, 2.75) is 32.9 Å². The molecular formula is C15H26N4O2. The van der Waals surface area contributed by atoms with E-state index in [0.29, 0.717) is 12.6 Å². The van der Waals surface area contributed by atoms with Gasteiger partial charge in [-0.15, -0.1) is 0 Å². The van der Waals surface area contributed by atoms with Gasteiger partial charge >= 0.3 is 0 Å². The molecule has 21 heavy (non-hydrogen) atoms. The van der Waals surface area contributed by atoms with E-state index in [9.17, 15) is 4.79 Å². The van der Waals surface area contributed by atoms with Crippen molar-refractivity contribution >= 4 is 5.91 Å². The third-order valence-corrected chi connectivity index (χ3v) is 4.20. The summed E-state index contributed by atoms with van der Waals surface area (Å²) in [5, 5.41) is 4.08. The lowest BCUT2D eigenvalue weighted by atomic mass is 10.1. The summed E-state index contributed by atoms with van der Waals surface area (Å²) in [6.45, 7) is 8.67. The van der Waals surface area contributed by atoms with Gasteiger partial charge in [-0.05, 0) is 19.0 Å². The van der Waals surface area contributed by atoms with Gasteiger partial charge in [-0.25, -0.2) is 0 Å². The Hall–Kier alpha value is -1.40. The number of ether oxygens (including phenoxy) is 1. The number of rotatable bonds is 6. The first-order chi connectivity index (χ1) is 10.2. The van der Waals surface area contributed by atoms with E-state index in [1.165, 1.54) is 0 Å². The number of nitrogens with zero attached hydrogens (tertiary/aromatic N) is 4. The maximum atomic E-state index is 12.3. The number of amides is 1. The number of aryl methyl sites for hydroxylation is 1. The molecule has 1 unspecified atom stereocenters. The minimum absolute atomic E-state index is 0.0970. The fourth-order valence-corrected chi connectivity index (χ4v) is 2.75. The molecule has 6 nitrogen and oxygen atoms in total. The molecule has 0 radical (unpaired) electrons. The summed E-state index contributed by atoms with van der Waals surface area (Å²) < 4.78 is 7.32. The number of likely N-dealkylation sites (N-methyl/N-ethyl adjacent to an activating group) is 1. The highest BCUT2D eigenvalue weighted by Crippen LogP contribution is 2.13. The van der Waals surface area contributed by atoms with Crippen molar-refractivity contribution in [2.75, 3.05) is 32.8 Å². The van der Waals surface area contributed by atoms with E-state index >= 15 is 0 Å². The van der Waals surface area contributed by atoms with Crippen molar-refractivity contribution in [3.05, 3.63) is 18.0 Å². The van der Waals surface area contributed by atoms with Crippen molar-refractivity contribution in [3.8, 4) is 0 Å². The first kappa shape index (κ1) is 16.0. The molecule has 0 aromatic carbocycles. The van der Waals surface area contributed by atoms with Crippen molar-refractivity contribution in [1.82, 2.24) is 19.6 Å². The second-order valence-electron chi connectivity index (χ2n) is 5.48. The molecule has 2 rings (SSSR count). The lowest BCUT2D eigenvalue weighted by Gasteiger charge is -2.40. The van der Waals surface area contributed by atoms with Gasteiger partial charge in [0.15, 0.2) is 0 Å². The number of aromatic nitrogens is 2. The van der Waals surface area contributed by atoms with Gasteiger partial charge in [0.1, 0.15) is 6.61 Å². The minimum Gasteiger partial charge on any atom is -0.365 e. The molecule has 1 amide bonds. The minimum atomic E-state index is 0.0970. The van der Waals surface area contributed by atoms with Crippen LogP contribution in [0.1, 0.15) is 26.0 Å². The quantitative estimate of drug-likeness (QED) is 0.781. The second kappa shape index (κ2) is 7.56. The predicted molar refractivity (Wildman–Crippen MR) is 80.8 cm³/mol. The monoisotopic (exact) mass is 294 g/mol. The molecular weight excluding hydrogens is 268 g/mol. The molecule has 1 aromatic heterocycles. The Morgan fingerprint density at radius 2 is 2.24 bits per heavy atom. The summed E-state index contributed by atoms with van der Waals surface area (Å²) in [6, 6.07) is 2.21. The highest BCUT2D eigenvalue weighted by Gasteiger charge is 2.28. The summed E-state index contributed by atoms with van der Waals surface area (Å²) >= 11 is 0. The number of hydrogen-bond acceptors (Lipinski definition) is 4. The van der Waals surface area contributed by atoms with Crippen molar-refractivity contribution < 1.29 is 9.53 Å². The molecule has 0 N–H and O–H groups in total. The van der Waals surface area contributed by atoms with Gasteiger partial charge in [-0.1, -0.05) is 13.8 Å². The van der Waals surface area contributed by atoms with Crippen molar-refractivity contribution in [2.24, 2.45) is 7.05 Å². The molecule has 1 fully saturated rings. The molecule has 118 valence electrons. The maximum absolute atomic E-state index is 12.3. The van der Waals surface area contributed by atoms with Crippen LogP contribution in [0.15, 0.2) is 12.3 Å². The molecule has 0 saturated carbocycles. The summed E-state index contributed by atoms with van der Waals surface area (Å²) in [5.41, 5.74) is 0.977. The SMILES string of the molecule is CCC1CN(CC)CCN1C(=O)COCc1ccnn1C. The Bertz CT molecular complexity index is 460. The average molecular weight is 294 g/mol. The van der Waals surface area contributed by atoms with E-state index in [4.69, 9.17) is 4.74 Å². The van der Waals surface area contributed by atoms with Gasteiger partial charge in [0.25, 0.3) is 0 Å². The topological polar surface area (TPSA) is 50.6 Å². The van der Waals surface area contributed by atoms with Crippen LogP contribution in [0.4, 0.5) is 0 Å². The zero-order valence-electron chi connectivity index (χ0n) is 13.3. The summed E-state index contributed by atoms with van der Waals surface area (Å²) in [7, 11) is 1.87. The summed E-state index contributed by atoms with van der Waals surface area (Å²) in [5.74, 6) is 0.0970. The van der Waals surface area contributed by atoms with E-state index in [2.05, 4.69) is 23.8 Å². The number of hydrogen-bond donors (Lipinski definition) is 0. The molecule has 0 spiro atoms. The molecule has 1 aliphatic heterocycles. The predicted octanol–water partition coefficient (Wildman–Crippen LogP) is 0.879. The highest BCUT2D eigenvalue weighted by atomic mass is 16.5. The Morgan fingerprint density at radius 1 is 1.43 bits per heavy atom. The maximum Gasteiger partial charge on any atom is 0.248 e. The number of carbonyl (C=O) groups is 1. The van der Waals surface area contributed by atoms with Gasteiger partial charge in [-0.3, -0.25) is 14.4 Å². The Morgan fingerprint density at radius 3 is 2.86 bits per heavy atom. The van der Waals surface area contributed by atoms with Crippen LogP contribution in [-0.2, 0) is 23.2 Å². The van der Waals surface area contributed by atoms with E-state index < -0.39 is 0 Å². The van der Waals surface area contributed by atoms with Crippen LogP contribution < -0.4 is 0 Å². The fourth-order valence-electron chi connectivity index (χ4n) is 2.75. The van der Waals surface area contributed by atoms with E-state index in [1.807, 2.05) is 18.0 Å². The molecule has 0 aliphatic carbocycles. The van der Waals surface area contributed by atoms with Gasteiger partial charge in [0.2, 0.25) is 5.91 Å². The van der Waals surface area contributed by atoms with Crippen LogP contribution in [0, 0.1) is 0 Å². The van der Waals surface area contributed by atoms with Gasteiger partial charge in [-0.2, -0.15) is 5.10 Å². The van der Waals surface area contributed by atoms with E-state index in [1.54, 1.807) is 10.9 Å². The van der Waals surface area contributed by atoms with Crippen molar-refractivity contribution in [1.29, 1.82) is 0 Å². The lowest BCUT2D eigenvalue weighted by Crippen LogP contribution is -2.55. The van der Waals surface area contributed by atoms with Crippen LogP contribution in [0.3, 0.4) is 0 Å². The highest BCUT2D eigenvalue weighted by molar-refractivity contribution is 5.78. The van der Waals surface area contributed by atoms with Crippen LogP contribution in [0.25, 0.3) is 0 Å². The third kappa shape index (κ3) is 4.04. The van der Waals surface area contributed by atoms with E-state index in [-0.39, 0.29) is 12.5 Å². The Kier molecular flexibility index (Phi) is 5.76. The molecule has 6 heteroatoms. The summed E-state index contributed by atoms with van der Waals surface area (Å²) in [6.07, 6.45) is 2.72. The number of carbonyl (C=O) groups excluding carboxylic acids is 1. The van der Waals surface area contributed by atoms with Crippen molar-refractivity contribution in [3.63, 3.8) is 0 Å². The first-order valence-electron chi connectivity index (χ1n) is 7.72. The largest absolute Gasteiger partial charge is 0.365 e. The van der Waals surface area contributed by atoms with Gasteiger partial charge in [0.05, 0.1) is 12.3 Å². The Balaban J connectivity index is 1.81. The zero-order chi connectivity index (χ0) is 15.2. The molecule has 0 bridgehead atoms. The smallest absolute Gasteiger partial charge is 0.248 e. The van der Waals surface area contributed by atoms with Crippen LogP contribution >= 0.6 is 0 Å². The van der Waals surface area contributed by atoms with Crippen LogP contribution in [0.2, 0.25) is 0 Å². The molecule has 1 aromatic rings. The average Bonchev–Trinajstić information content (AvgIpc) is 2.91.